The molecule has 10 nitrogen and oxygen atoms in total. The van der Waals surface area contributed by atoms with Gasteiger partial charge in [-0.2, -0.15) is 0 Å². The lowest BCUT2D eigenvalue weighted by molar-refractivity contribution is -0.697. The molecule has 5 rings (SSSR count). The van der Waals surface area contributed by atoms with Gasteiger partial charge in [-0.15, -0.1) is 5.10 Å². The molecule has 0 spiro atoms. The molecule has 58 heavy (non-hydrogen) atoms. The molecule has 1 N–H and O–H groups in total. The van der Waals surface area contributed by atoms with Crippen molar-refractivity contribution < 1.29 is 23.6 Å². The number of nitrogens with one attached hydrogen (secondary N) is 1. The number of rotatable bonds is 30. The van der Waals surface area contributed by atoms with Crippen molar-refractivity contribution in [1.29, 1.82) is 0 Å². The molecule has 1 aromatic carbocycles. The van der Waals surface area contributed by atoms with Crippen molar-refractivity contribution in [1.82, 2.24) is 25.3 Å². The van der Waals surface area contributed by atoms with Gasteiger partial charge in [-0.05, 0) is 87.9 Å². The number of hydrogen-bond acceptors (Lipinski definition) is 8. The van der Waals surface area contributed by atoms with E-state index in [1.165, 1.54) is 88.7 Å². The fraction of sp³-hybridized carbons (Fsp3) is 0.553. The number of esters is 1. The fourth-order valence-electron chi connectivity index (χ4n) is 7.41. The minimum absolute atomic E-state index is 0.352. The van der Waals surface area contributed by atoms with E-state index < -0.39 is 5.97 Å². The van der Waals surface area contributed by atoms with Crippen LogP contribution in [0.2, 0.25) is 5.02 Å². The maximum Gasteiger partial charge on any atom is 0.308 e. The average Bonchev–Trinajstić information content (AvgIpc) is 3.71. The van der Waals surface area contributed by atoms with Crippen molar-refractivity contribution in [2.24, 2.45) is 0 Å². The molecule has 0 aliphatic carbocycles. The second kappa shape index (κ2) is 26.8. The molecule has 11 heteroatoms. The molecule has 4 aromatic rings. The maximum atomic E-state index is 11.9. The van der Waals surface area contributed by atoms with Crippen LogP contribution < -0.4 is 14.6 Å². The summed E-state index contributed by atoms with van der Waals surface area (Å²) in [7, 11) is 0. The standard InChI is InChI=1S/C47H66ClN6O4/c1-39(55)58-47-43(35-44(48)42-25-17-27-50-46(42)47)45-38-54(52-51-45)30-13-9-5-7-11-15-32-57-34-20-24-41-22-18-29-53(37-41)28-12-8-4-2-3-6-10-14-31-56-33-19-23-40-21-16-26-49-36-40/h16-18,21-22,25-27,29,35,37-38,49H,2-15,19-20,23-24,28,30-34,36H2,1H3/q+1. The zero-order valence-corrected chi connectivity index (χ0v) is 35.6. The van der Waals surface area contributed by atoms with E-state index in [-0.39, 0.29) is 0 Å². The molecule has 0 radical (unpaired) electrons. The molecule has 3 aromatic heterocycles. The minimum atomic E-state index is -0.428. The highest BCUT2D eigenvalue weighted by Crippen LogP contribution is 2.39. The van der Waals surface area contributed by atoms with Crippen molar-refractivity contribution in [3.63, 3.8) is 0 Å². The monoisotopic (exact) mass is 813 g/mol. The number of dihydropyridines is 1. The highest BCUT2D eigenvalue weighted by atomic mass is 35.5. The maximum absolute atomic E-state index is 11.9. The summed E-state index contributed by atoms with van der Waals surface area (Å²) in [5.41, 5.74) is 4.60. The van der Waals surface area contributed by atoms with Gasteiger partial charge >= 0.3 is 5.97 Å². The van der Waals surface area contributed by atoms with Crippen LogP contribution in [0.15, 0.2) is 79.0 Å². The van der Waals surface area contributed by atoms with Crippen LogP contribution in [0, 0.1) is 0 Å². The quantitative estimate of drug-likeness (QED) is 0.0240. The number of hydrogen-bond donors (Lipinski definition) is 1. The molecule has 0 saturated carbocycles. The first-order chi connectivity index (χ1) is 28.6. The number of halogens is 1. The minimum Gasteiger partial charge on any atom is -0.424 e. The van der Waals surface area contributed by atoms with Crippen molar-refractivity contribution in [2.45, 2.75) is 136 Å². The Bertz CT molecular complexity index is 1860. The van der Waals surface area contributed by atoms with Gasteiger partial charge in [0, 0.05) is 76.1 Å². The summed E-state index contributed by atoms with van der Waals surface area (Å²) in [6.45, 7) is 7.68. The summed E-state index contributed by atoms with van der Waals surface area (Å²) in [6.07, 6.45) is 36.0. The van der Waals surface area contributed by atoms with Gasteiger partial charge < -0.3 is 19.5 Å². The third-order valence-electron chi connectivity index (χ3n) is 10.6. The highest BCUT2D eigenvalue weighted by molar-refractivity contribution is 6.36. The summed E-state index contributed by atoms with van der Waals surface area (Å²) < 4.78 is 21.6. The van der Waals surface area contributed by atoms with Crippen molar-refractivity contribution in [3.8, 4) is 17.0 Å². The predicted molar refractivity (Wildman–Crippen MR) is 233 cm³/mol. The van der Waals surface area contributed by atoms with Crippen LogP contribution in [-0.2, 0) is 33.8 Å². The van der Waals surface area contributed by atoms with E-state index in [0.717, 1.165) is 96.4 Å². The van der Waals surface area contributed by atoms with E-state index in [2.05, 4.69) is 61.9 Å². The normalized spacial score (nSPS) is 12.6. The molecule has 0 amide bonds. The van der Waals surface area contributed by atoms with Crippen molar-refractivity contribution in [3.05, 3.63) is 89.6 Å². The molecular weight excluding hydrogens is 748 g/mol. The molecule has 1 aliphatic rings. The van der Waals surface area contributed by atoms with Crippen LogP contribution in [0.25, 0.3) is 22.2 Å². The average molecular weight is 815 g/mol. The number of allylic oxidation sites excluding steroid dienone is 2. The van der Waals surface area contributed by atoms with Crippen LogP contribution in [0.1, 0.15) is 122 Å². The number of pyridine rings is 2. The Morgan fingerprint density at radius 1 is 0.845 bits per heavy atom. The van der Waals surface area contributed by atoms with Crippen LogP contribution >= 0.6 is 11.6 Å². The highest BCUT2D eigenvalue weighted by Gasteiger charge is 2.19. The Hall–Kier alpha value is -4.12. The smallest absolute Gasteiger partial charge is 0.308 e. The predicted octanol–water partition coefficient (Wildman–Crippen LogP) is 10.3. The second-order valence-electron chi connectivity index (χ2n) is 15.5. The lowest BCUT2D eigenvalue weighted by Crippen LogP contribution is -2.33. The van der Waals surface area contributed by atoms with Gasteiger partial charge in [0.2, 0.25) is 0 Å². The van der Waals surface area contributed by atoms with E-state index in [4.69, 9.17) is 25.8 Å². The van der Waals surface area contributed by atoms with Gasteiger partial charge in [-0.1, -0.05) is 86.3 Å². The number of fused-ring (bicyclic) bond motifs is 1. The topological polar surface area (TPSA) is 104 Å². The molecule has 0 atom stereocenters. The third kappa shape index (κ3) is 16.6. The first-order valence-corrected chi connectivity index (χ1v) is 22.3. The Labute approximate surface area is 351 Å². The lowest BCUT2D eigenvalue weighted by Gasteiger charge is -2.11. The van der Waals surface area contributed by atoms with E-state index in [1.54, 1.807) is 18.3 Å². The summed E-state index contributed by atoms with van der Waals surface area (Å²) >= 11 is 6.54. The summed E-state index contributed by atoms with van der Waals surface area (Å²) in [6, 6.07) is 9.85. The van der Waals surface area contributed by atoms with E-state index in [1.807, 2.05) is 23.1 Å². The first kappa shape index (κ1) is 45.0. The Morgan fingerprint density at radius 2 is 1.53 bits per heavy atom. The van der Waals surface area contributed by atoms with Crippen LogP contribution in [0.4, 0.5) is 0 Å². The summed E-state index contributed by atoms with van der Waals surface area (Å²) in [4.78, 5) is 16.3. The van der Waals surface area contributed by atoms with E-state index >= 15 is 0 Å². The number of carbonyl (C=O) groups excluding carboxylic acids is 1. The van der Waals surface area contributed by atoms with E-state index in [0.29, 0.717) is 27.5 Å². The van der Waals surface area contributed by atoms with E-state index in [9.17, 15) is 4.79 Å². The molecular formula is C47H66ClN6O4+. The van der Waals surface area contributed by atoms with Crippen LogP contribution in [-0.4, -0.2) is 58.9 Å². The summed E-state index contributed by atoms with van der Waals surface area (Å²) in [5, 5.41) is 13.2. The number of nitrogens with zero attached hydrogens (tertiary/aromatic N) is 5. The van der Waals surface area contributed by atoms with Gasteiger partial charge in [0.05, 0.1) is 16.8 Å². The third-order valence-corrected chi connectivity index (χ3v) is 10.9. The summed E-state index contributed by atoms with van der Waals surface area (Å²) in [5.74, 6) is -0.0767. The fourth-order valence-corrected chi connectivity index (χ4v) is 7.67. The zero-order chi connectivity index (χ0) is 40.5. The van der Waals surface area contributed by atoms with Crippen molar-refractivity contribution in [2.75, 3.05) is 33.0 Å². The van der Waals surface area contributed by atoms with Crippen LogP contribution in [0.5, 0.6) is 5.75 Å². The van der Waals surface area contributed by atoms with Crippen LogP contribution in [0.3, 0.4) is 0 Å². The number of unbranched alkanes of at least 4 members (excludes halogenated alkanes) is 12. The Kier molecular flexibility index (Phi) is 20.8. The van der Waals surface area contributed by atoms with Gasteiger partial charge in [0.15, 0.2) is 18.1 Å². The molecule has 0 saturated heterocycles. The van der Waals surface area contributed by atoms with Gasteiger partial charge in [-0.25, -0.2) is 4.57 Å². The second-order valence-corrected chi connectivity index (χ2v) is 15.9. The lowest BCUT2D eigenvalue weighted by atomic mass is 10.1. The Balaban J connectivity index is 0.811. The Morgan fingerprint density at radius 3 is 2.26 bits per heavy atom. The zero-order valence-electron chi connectivity index (χ0n) is 34.9. The first-order valence-electron chi connectivity index (χ1n) is 21.9. The molecule has 1 aliphatic heterocycles. The van der Waals surface area contributed by atoms with Gasteiger partial charge in [-0.3, -0.25) is 14.5 Å². The number of carbonyl (C=O) groups is 1. The molecule has 0 unspecified atom stereocenters. The van der Waals surface area contributed by atoms with Crippen molar-refractivity contribution >= 4 is 28.5 Å². The molecule has 314 valence electrons. The number of aryl methyl sites for hydroxylation is 3. The SMILES string of the molecule is CC(=O)Oc1c(-c2cn(CCCCCCCCOCCCc3ccc[n+](CCCCCCCCCCOCCCC4=CC=CNC4)c3)nn2)cc(Cl)c2cccnc12. The number of aromatic nitrogens is 5. The molecule has 4 heterocycles. The molecule has 0 bridgehead atoms. The number of benzene rings is 1. The van der Waals surface area contributed by atoms with Gasteiger partial charge in [0.1, 0.15) is 17.8 Å². The van der Waals surface area contributed by atoms with Gasteiger partial charge in [0.25, 0.3) is 0 Å². The molecule has 0 fully saturated rings. The number of ether oxygens (including phenoxy) is 3. The largest absolute Gasteiger partial charge is 0.424 e.